The number of rotatable bonds is 12. The maximum atomic E-state index is 14.2. The van der Waals surface area contributed by atoms with Crippen molar-refractivity contribution in [2.24, 2.45) is 5.92 Å². The fraction of sp³-hybridized carbons (Fsp3) is 0.343. The summed E-state index contributed by atoms with van der Waals surface area (Å²) in [4.78, 5) is 30.8. The van der Waals surface area contributed by atoms with Crippen molar-refractivity contribution in [3.63, 3.8) is 0 Å². The summed E-state index contributed by atoms with van der Waals surface area (Å²) >= 11 is 0. The van der Waals surface area contributed by atoms with Crippen molar-refractivity contribution in [2.45, 2.75) is 50.1 Å². The van der Waals surface area contributed by atoms with Crippen LogP contribution in [0.15, 0.2) is 95.9 Å². The predicted molar refractivity (Wildman–Crippen MR) is 171 cm³/mol. The minimum absolute atomic E-state index is 0.0353. The molecule has 11 nitrogen and oxygen atoms in total. The highest BCUT2D eigenvalue weighted by atomic mass is 16.6. The van der Waals surface area contributed by atoms with Gasteiger partial charge in [-0.1, -0.05) is 68.4 Å². The van der Waals surface area contributed by atoms with Gasteiger partial charge < -0.3 is 34.5 Å². The van der Waals surface area contributed by atoms with Crippen LogP contribution in [0.25, 0.3) is 0 Å². The number of hydrogen-bond donors (Lipinski definition) is 2. The smallest absolute Gasteiger partial charge is 0.351 e. The van der Waals surface area contributed by atoms with Gasteiger partial charge in [-0.05, 0) is 47.0 Å². The molecule has 4 aromatic rings. The van der Waals surface area contributed by atoms with Crippen LogP contribution in [0.2, 0.25) is 0 Å². The lowest BCUT2D eigenvalue weighted by Gasteiger charge is -2.40. The lowest BCUT2D eigenvalue weighted by atomic mass is 9.79. The van der Waals surface area contributed by atoms with E-state index in [1.165, 1.54) is 23.9 Å². The van der Waals surface area contributed by atoms with Gasteiger partial charge in [0.2, 0.25) is 0 Å². The van der Waals surface area contributed by atoms with Crippen LogP contribution in [0.1, 0.15) is 36.8 Å². The average molecular weight is 630 g/mol. The van der Waals surface area contributed by atoms with Gasteiger partial charge in [0.15, 0.2) is 12.0 Å². The van der Waals surface area contributed by atoms with E-state index in [2.05, 4.69) is 4.98 Å². The Labute approximate surface area is 267 Å². The minimum Gasteiger partial charge on any atom is -0.497 e. The molecular formula is C35H39N3O8. The molecule has 1 aromatic heterocycles. The molecule has 0 radical (unpaired) electrons. The quantitative estimate of drug-likeness (QED) is 0.223. The molecule has 242 valence electrons. The first kappa shape index (κ1) is 32.8. The Balaban J connectivity index is 1.71. The molecular weight excluding hydrogens is 590 g/mol. The van der Waals surface area contributed by atoms with Crippen molar-refractivity contribution < 1.29 is 33.6 Å². The molecule has 1 unspecified atom stereocenters. The molecule has 1 aliphatic heterocycles. The largest absolute Gasteiger partial charge is 0.497 e. The Morgan fingerprint density at radius 1 is 0.891 bits per heavy atom. The zero-order valence-electron chi connectivity index (χ0n) is 26.4. The highest BCUT2D eigenvalue weighted by molar-refractivity contribution is 5.86. The van der Waals surface area contributed by atoms with Crippen LogP contribution in [-0.4, -0.2) is 66.2 Å². The number of nitrogens with two attached hydrogens (primary N) is 1. The Morgan fingerprint density at radius 2 is 1.43 bits per heavy atom. The van der Waals surface area contributed by atoms with Crippen molar-refractivity contribution in [2.75, 3.05) is 27.1 Å². The number of methoxy groups -OCH3 is 3. The SMILES string of the molecule is COc1ccc(C(OC(C(=O)C(C)C)[C@H]2O[C@@H](n3ccc(N)nc3=O)[C@H](OC)[C@@H]2O)(c2ccccc2)c2ccc(OC)cc2)cc1. The Hall–Kier alpha value is -4.55. The van der Waals surface area contributed by atoms with Gasteiger partial charge in [0.25, 0.3) is 0 Å². The normalized spacial score (nSPS) is 20.4. The third kappa shape index (κ3) is 6.14. The van der Waals surface area contributed by atoms with E-state index < -0.39 is 47.9 Å². The lowest BCUT2D eigenvalue weighted by Crippen LogP contribution is -2.50. The van der Waals surface area contributed by atoms with Gasteiger partial charge in [-0.2, -0.15) is 4.98 Å². The number of benzene rings is 3. The lowest BCUT2D eigenvalue weighted by molar-refractivity contribution is -0.168. The summed E-state index contributed by atoms with van der Waals surface area (Å²) in [5.41, 5.74) is 5.74. The summed E-state index contributed by atoms with van der Waals surface area (Å²) < 4.78 is 31.2. The molecule has 2 heterocycles. The fourth-order valence-corrected chi connectivity index (χ4v) is 5.86. The van der Waals surface area contributed by atoms with E-state index in [9.17, 15) is 14.7 Å². The van der Waals surface area contributed by atoms with Crippen LogP contribution in [0.5, 0.6) is 11.5 Å². The zero-order valence-corrected chi connectivity index (χ0v) is 26.4. The molecule has 5 rings (SSSR count). The molecule has 0 aliphatic carbocycles. The van der Waals surface area contributed by atoms with Crippen molar-refractivity contribution >= 4 is 11.6 Å². The number of Topliss-reactive ketones (excluding diaryl/α,β-unsaturated/α-hetero) is 1. The molecule has 3 N–H and O–H groups in total. The van der Waals surface area contributed by atoms with E-state index in [4.69, 9.17) is 29.4 Å². The molecule has 1 saturated heterocycles. The van der Waals surface area contributed by atoms with Crippen LogP contribution < -0.4 is 20.9 Å². The van der Waals surface area contributed by atoms with Gasteiger partial charge >= 0.3 is 5.69 Å². The van der Waals surface area contributed by atoms with Gasteiger partial charge in [0.05, 0.1) is 14.2 Å². The molecule has 0 spiro atoms. The summed E-state index contributed by atoms with van der Waals surface area (Å²) in [6.45, 7) is 3.51. The van der Waals surface area contributed by atoms with E-state index in [-0.39, 0.29) is 11.6 Å². The fourth-order valence-electron chi connectivity index (χ4n) is 5.86. The number of ether oxygens (including phenoxy) is 5. The van der Waals surface area contributed by atoms with Crippen molar-refractivity contribution in [1.29, 1.82) is 0 Å². The molecule has 5 atom stereocenters. The molecule has 46 heavy (non-hydrogen) atoms. The number of aromatic nitrogens is 2. The molecule has 1 aliphatic rings. The number of aliphatic hydroxyl groups is 1. The molecule has 0 bridgehead atoms. The molecule has 0 saturated carbocycles. The number of nitrogens with zero attached hydrogens (tertiary/aromatic N) is 2. The maximum Gasteiger partial charge on any atom is 0.351 e. The second-order valence-electron chi connectivity index (χ2n) is 11.3. The van der Waals surface area contributed by atoms with Crippen molar-refractivity contribution in [3.05, 3.63) is 118 Å². The first-order chi connectivity index (χ1) is 22.1. The van der Waals surface area contributed by atoms with E-state index in [1.807, 2.05) is 78.9 Å². The number of carbonyl (C=O) groups is 1. The molecule has 0 amide bonds. The van der Waals surface area contributed by atoms with Crippen LogP contribution >= 0.6 is 0 Å². The maximum absolute atomic E-state index is 14.2. The van der Waals surface area contributed by atoms with Gasteiger partial charge in [-0.15, -0.1) is 0 Å². The van der Waals surface area contributed by atoms with Gasteiger partial charge in [0.1, 0.15) is 47.3 Å². The molecule has 3 aromatic carbocycles. The standard InChI is InChI=1S/C35H39N3O8/c1-21(2)28(39)31(30-29(40)32(44-5)33(45-30)38-20-19-27(36)37-34(38)41)46-35(22-9-7-6-8-10-22,23-11-15-25(42-3)16-12-23)24-13-17-26(43-4)18-14-24/h6-21,29-33,40H,1-5H3,(H2,36,37,41)/t29-,30+,31?,32-,33-/m1/s1. The Kier molecular flexibility index (Phi) is 9.88. The summed E-state index contributed by atoms with van der Waals surface area (Å²) in [6, 6.07) is 25.7. The number of aliphatic hydroxyl groups excluding tert-OH is 1. The number of carbonyl (C=O) groups excluding carboxylic acids is 1. The number of anilines is 1. The van der Waals surface area contributed by atoms with E-state index in [1.54, 1.807) is 28.1 Å². The zero-order chi connectivity index (χ0) is 33.0. The summed E-state index contributed by atoms with van der Waals surface area (Å²) in [7, 11) is 4.56. The van der Waals surface area contributed by atoms with Crippen molar-refractivity contribution in [3.8, 4) is 11.5 Å². The van der Waals surface area contributed by atoms with E-state index >= 15 is 0 Å². The van der Waals surface area contributed by atoms with E-state index in [0.29, 0.717) is 22.6 Å². The second-order valence-corrected chi connectivity index (χ2v) is 11.3. The Morgan fingerprint density at radius 3 is 1.91 bits per heavy atom. The number of hydrogen-bond acceptors (Lipinski definition) is 10. The summed E-state index contributed by atoms with van der Waals surface area (Å²) in [5.74, 6) is 0.482. The van der Waals surface area contributed by atoms with Crippen LogP contribution in [0, 0.1) is 5.92 Å². The number of nitrogen functional groups attached to an aromatic ring is 1. The molecule has 1 fully saturated rings. The van der Waals surface area contributed by atoms with E-state index in [0.717, 1.165) is 5.56 Å². The van der Waals surface area contributed by atoms with Crippen LogP contribution in [-0.2, 0) is 24.6 Å². The summed E-state index contributed by atoms with van der Waals surface area (Å²) in [5, 5.41) is 11.7. The monoisotopic (exact) mass is 629 g/mol. The highest BCUT2D eigenvalue weighted by Gasteiger charge is 2.54. The first-order valence-electron chi connectivity index (χ1n) is 14.9. The van der Waals surface area contributed by atoms with Gasteiger partial charge in [-0.25, -0.2) is 4.79 Å². The number of ketones is 1. The topological polar surface area (TPSA) is 144 Å². The third-order valence-electron chi connectivity index (χ3n) is 8.27. The minimum atomic E-state index is -1.39. The third-order valence-corrected chi connectivity index (χ3v) is 8.27. The van der Waals surface area contributed by atoms with Gasteiger partial charge in [-0.3, -0.25) is 9.36 Å². The average Bonchev–Trinajstić information content (AvgIpc) is 3.40. The second kappa shape index (κ2) is 13.8. The Bertz CT molecular complexity index is 1630. The first-order valence-corrected chi connectivity index (χ1v) is 14.9. The molecule has 11 heteroatoms. The van der Waals surface area contributed by atoms with Crippen LogP contribution in [0.4, 0.5) is 5.82 Å². The van der Waals surface area contributed by atoms with Gasteiger partial charge in [0, 0.05) is 19.2 Å². The van der Waals surface area contributed by atoms with Crippen molar-refractivity contribution in [1.82, 2.24) is 9.55 Å². The summed E-state index contributed by atoms with van der Waals surface area (Å²) in [6.07, 6.45) is -4.68. The highest BCUT2D eigenvalue weighted by Crippen LogP contribution is 2.45. The van der Waals surface area contributed by atoms with Crippen LogP contribution in [0.3, 0.4) is 0 Å². The predicted octanol–water partition coefficient (Wildman–Crippen LogP) is 3.72.